The zero-order chi connectivity index (χ0) is 14.5. The maximum atomic E-state index is 6.08. The maximum Gasteiger partial charge on any atom is 0.229 e. The summed E-state index contributed by atoms with van der Waals surface area (Å²) in [6, 6.07) is 7.56. The van der Waals surface area contributed by atoms with Crippen LogP contribution >= 0.6 is 11.6 Å². The van der Waals surface area contributed by atoms with E-state index in [9.17, 15) is 0 Å². The van der Waals surface area contributed by atoms with E-state index in [1.807, 2.05) is 12.1 Å². The molecule has 0 aliphatic carbocycles. The van der Waals surface area contributed by atoms with Crippen LogP contribution < -0.4 is 15.4 Å². The van der Waals surface area contributed by atoms with Crippen LogP contribution in [0, 0.1) is 0 Å². The first-order chi connectivity index (χ1) is 9.58. The molecule has 0 fully saturated rings. The van der Waals surface area contributed by atoms with Gasteiger partial charge in [-0.25, -0.2) is 4.98 Å². The lowest BCUT2D eigenvalue weighted by Crippen LogP contribution is -2.11. The highest BCUT2D eigenvalue weighted by molar-refractivity contribution is 6.32. The second kappa shape index (κ2) is 6.43. The van der Waals surface area contributed by atoms with Crippen LogP contribution in [-0.4, -0.2) is 23.1 Å². The molecule has 5 nitrogen and oxygen atoms in total. The number of ether oxygens (including phenoxy) is 1. The Balaban J connectivity index is 2.15. The van der Waals surface area contributed by atoms with Crippen LogP contribution in [0.4, 0.5) is 17.5 Å². The number of nitrogens with one attached hydrogen (secondary N) is 2. The molecule has 2 rings (SSSR count). The molecule has 0 unspecified atom stereocenters. The van der Waals surface area contributed by atoms with Gasteiger partial charge in [0.1, 0.15) is 11.6 Å². The van der Waals surface area contributed by atoms with Gasteiger partial charge < -0.3 is 15.4 Å². The summed E-state index contributed by atoms with van der Waals surface area (Å²) in [6.07, 6.45) is 1.70. The first-order valence-electron chi connectivity index (χ1n) is 6.28. The Bertz CT molecular complexity index is 589. The summed E-state index contributed by atoms with van der Waals surface area (Å²) < 4.78 is 5.11. The minimum Gasteiger partial charge on any atom is -0.495 e. The standard InChI is InChI=1S/C14H17ClN4O/c1-9(2)17-13-6-7-16-14(19-13)18-10-4-5-12(20-3)11(15)8-10/h4-9H,1-3H3,(H2,16,17,18,19). The normalized spacial score (nSPS) is 10.4. The molecule has 0 aliphatic heterocycles. The number of aromatic nitrogens is 2. The van der Waals surface area contributed by atoms with Crippen molar-refractivity contribution < 1.29 is 4.74 Å². The molecule has 0 radical (unpaired) electrons. The average molecular weight is 293 g/mol. The second-order valence-corrected chi connectivity index (χ2v) is 4.95. The van der Waals surface area contributed by atoms with Crippen molar-refractivity contribution in [2.45, 2.75) is 19.9 Å². The summed E-state index contributed by atoms with van der Waals surface area (Å²) in [5, 5.41) is 6.87. The van der Waals surface area contributed by atoms with Gasteiger partial charge in [0.05, 0.1) is 12.1 Å². The number of rotatable bonds is 5. The smallest absolute Gasteiger partial charge is 0.229 e. The molecule has 1 aromatic heterocycles. The van der Waals surface area contributed by atoms with Gasteiger partial charge in [-0.2, -0.15) is 4.98 Å². The van der Waals surface area contributed by atoms with Crippen molar-refractivity contribution in [2.75, 3.05) is 17.7 Å². The van der Waals surface area contributed by atoms with E-state index in [2.05, 4.69) is 34.4 Å². The molecule has 0 saturated heterocycles. The highest BCUT2D eigenvalue weighted by Gasteiger charge is 2.04. The number of nitrogens with zero attached hydrogens (tertiary/aromatic N) is 2. The zero-order valence-electron chi connectivity index (χ0n) is 11.6. The van der Waals surface area contributed by atoms with Crippen molar-refractivity contribution in [3.05, 3.63) is 35.5 Å². The summed E-state index contributed by atoms with van der Waals surface area (Å²) >= 11 is 6.08. The lowest BCUT2D eigenvalue weighted by Gasteiger charge is -2.11. The van der Waals surface area contributed by atoms with Gasteiger partial charge in [-0.1, -0.05) is 11.6 Å². The van der Waals surface area contributed by atoms with Crippen molar-refractivity contribution in [3.63, 3.8) is 0 Å². The Morgan fingerprint density at radius 2 is 2.05 bits per heavy atom. The van der Waals surface area contributed by atoms with E-state index in [4.69, 9.17) is 16.3 Å². The average Bonchev–Trinajstić information content (AvgIpc) is 2.38. The van der Waals surface area contributed by atoms with E-state index in [1.165, 1.54) is 0 Å². The molecular weight excluding hydrogens is 276 g/mol. The van der Waals surface area contributed by atoms with Crippen LogP contribution in [0.1, 0.15) is 13.8 Å². The van der Waals surface area contributed by atoms with E-state index in [1.54, 1.807) is 25.4 Å². The summed E-state index contributed by atoms with van der Waals surface area (Å²) in [5.41, 5.74) is 0.803. The molecule has 0 saturated carbocycles. The monoisotopic (exact) mass is 292 g/mol. The number of hydrogen-bond acceptors (Lipinski definition) is 5. The van der Waals surface area contributed by atoms with Crippen LogP contribution in [0.5, 0.6) is 5.75 Å². The third-order valence-corrected chi connectivity index (χ3v) is 2.80. The van der Waals surface area contributed by atoms with E-state index in [0.717, 1.165) is 11.5 Å². The maximum absolute atomic E-state index is 6.08. The molecule has 0 bridgehead atoms. The molecule has 2 N–H and O–H groups in total. The highest BCUT2D eigenvalue weighted by Crippen LogP contribution is 2.28. The molecule has 0 spiro atoms. The number of methoxy groups -OCH3 is 1. The molecule has 20 heavy (non-hydrogen) atoms. The Morgan fingerprint density at radius 3 is 2.70 bits per heavy atom. The van der Waals surface area contributed by atoms with Gasteiger partial charge in [0.2, 0.25) is 5.95 Å². The summed E-state index contributed by atoms with van der Waals surface area (Å²) in [4.78, 5) is 8.55. The molecular formula is C14H17ClN4O. The van der Waals surface area contributed by atoms with Crippen molar-refractivity contribution in [1.82, 2.24) is 9.97 Å². The van der Waals surface area contributed by atoms with Gasteiger partial charge in [-0.3, -0.25) is 0 Å². The fraction of sp³-hybridized carbons (Fsp3) is 0.286. The number of hydrogen-bond donors (Lipinski definition) is 2. The van der Waals surface area contributed by atoms with Crippen molar-refractivity contribution in [1.29, 1.82) is 0 Å². The Hall–Kier alpha value is -2.01. The Labute approximate surface area is 123 Å². The molecule has 1 aromatic carbocycles. The van der Waals surface area contributed by atoms with Gasteiger partial charge in [-0.05, 0) is 38.1 Å². The van der Waals surface area contributed by atoms with Crippen molar-refractivity contribution in [2.24, 2.45) is 0 Å². The van der Waals surface area contributed by atoms with Gasteiger partial charge >= 0.3 is 0 Å². The van der Waals surface area contributed by atoms with Crippen LogP contribution in [0.3, 0.4) is 0 Å². The Morgan fingerprint density at radius 1 is 1.25 bits per heavy atom. The molecule has 2 aromatic rings. The minimum atomic E-state index is 0.313. The molecule has 0 atom stereocenters. The fourth-order valence-corrected chi connectivity index (χ4v) is 1.93. The summed E-state index contributed by atoms with van der Waals surface area (Å²) in [7, 11) is 1.58. The molecule has 1 heterocycles. The third kappa shape index (κ3) is 3.74. The highest BCUT2D eigenvalue weighted by atomic mass is 35.5. The van der Waals surface area contributed by atoms with Gasteiger partial charge in [0.25, 0.3) is 0 Å². The van der Waals surface area contributed by atoms with Crippen LogP contribution in [0.15, 0.2) is 30.5 Å². The largest absolute Gasteiger partial charge is 0.495 e. The van der Waals surface area contributed by atoms with Crippen LogP contribution in [-0.2, 0) is 0 Å². The topological polar surface area (TPSA) is 59.1 Å². The van der Waals surface area contributed by atoms with E-state index >= 15 is 0 Å². The van der Waals surface area contributed by atoms with Gasteiger partial charge in [-0.15, -0.1) is 0 Å². The number of benzene rings is 1. The fourth-order valence-electron chi connectivity index (χ4n) is 1.67. The lowest BCUT2D eigenvalue weighted by atomic mass is 10.3. The molecule has 6 heteroatoms. The molecule has 0 aliphatic rings. The predicted octanol–water partition coefficient (Wildman–Crippen LogP) is 3.70. The van der Waals surface area contributed by atoms with E-state index < -0.39 is 0 Å². The van der Waals surface area contributed by atoms with Crippen molar-refractivity contribution >= 4 is 29.1 Å². The lowest BCUT2D eigenvalue weighted by molar-refractivity contribution is 0.415. The first-order valence-corrected chi connectivity index (χ1v) is 6.66. The second-order valence-electron chi connectivity index (χ2n) is 4.54. The predicted molar refractivity (Wildman–Crippen MR) is 82.1 cm³/mol. The van der Waals surface area contributed by atoms with Crippen LogP contribution in [0.25, 0.3) is 0 Å². The van der Waals surface area contributed by atoms with Gasteiger partial charge in [0.15, 0.2) is 0 Å². The zero-order valence-corrected chi connectivity index (χ0v) is 12.4. The molecule has 0 amide bonds. The summed E-state index contributed by atoms with van der Waals surface area (Å²) in [5.74, 6) is 1.92. The first kappa shape index (κ1) is 14.4. The summed E-state index contributed by atoms with van der Waals surface area (Å²) in [6.45, 7) is 4.11. The number of halogens is 1. The quantitative estimate of drug-likeness (QED) is 0.880. The van der Waals surface area contributed by atoms with Crippen LogP contribution in [0.2, 0.25) is 5.02 Å². The molecule has 106 valence electrons. The Kier molecular flexibility index (Phi) is 4.63. The van der Waals surface area contributed by atoms with Crippen molar-refractivity contribution in [3.8, 4) is 5.75 Å². The van der Waals surface area contributed by atoms with Gasteiger partial charge in [0, 0.05) is 17.9 Å². The SMILES string of the molecule is COc1ccc(Nc2nccc(NC(C)C)n2)cc1Cl. The van der Waals surface area contributed by atoms with E-state index in [0.29, 0.717) is 22.8 Å². The van der Waals surface area contributed by atoms with E-state index in [-0.39, 0.29) is 0 Å². The number of anilines is 3. The third-order valence-electron chi connectivity index (χ3n) is 2.50. The minimum absolute atomic E-state index is 0.313.